The molecule has 0 aliphatic heterocycles. The summed E-state index contributed by atoms with van der Waals surface area (Å²) in [5, 5.41) is 20.6. The number of hydrogen-bond donors (Lipinski definition) is 3. The van der Waals surface area contributed by atoms with Crippen molar-refractivity contribution >= 4 is 18.0 Å². The lowest BCUT2D eigenvalue weighted by Crippen LogP contribution is -2.48. The third-order valence-corrected chi connectivity index (χ3v) is 6.42. The van der Waals surface area contributed by atoms with Crippen molar-refractivity contribution in [3.63, 3.8) is 0 Å². The molecule has 0 aliphatic carbocycles. The second kappa shape index (κ2) is 21.5. The van der Waals surface area contributed by atoms with Gasteiger partial charge in [0.1, 0.15) is 12.6 Å². The van der Waals surface area contributed by atoms with E-state index in [9.17, 15) is 19.5 Å². The lowest BCUT2D eigenvalue weighted by atomic mass is 10.0. The number of aliphatic carboxylic acids is 1. The molecule has 0 radical (unpaired) electrons. The van der Waals surface area contributed by atoms with Crippen LogP contribution in [-0.4, -0.2) is 58.8 Å². The largest absolute Gasteiger partial charge is 0.481 e. The molecule has 8 heteroatoms. The number of carboxylic acids is 1. The highest BCUT2D eigenvalue weighted by Gasteiger charge is 2.22. The molecular formula is C29H48N2O6. The Labute approximate surface area is 222 Å². The Morgan fingerprint density at radius 2 is 1.32 bits per heavy atom. The zero-order valence-electron chi connectivity index (χ0n) is 22.7. The van der Waals surface area contributed by atoms with Crippen LogP contribution in [-0.2, 0) is 20.9 Å². The van der Waals surface area contributed by atoms with Crippen LogP contribution in [0.5, 0.6) is 0 Å². The van der Waals surface area contributed by atoms with E-state index in [0.717, 1.165) is 44.1 Å². The number of nitrogens with zero attached hydrogens (tertiary/aromatic N) is 1. The van der Waals surface area contributed by atoms with Crippen molar-refractivity contribution in [3.05, 3.63) is 35.9 Å². The maximum Gasteiger partial charge on any atom is 0.408 e. The predicted molar refractivity (Wildman–Crippen MR) is 145 cm³/mol. The van der Waals surface area contributed by atoms with Gasteiger partial charge in [-0.25, -0.2) is 4.79 Å². The Bertz CT molecular complexity index is 743. The van der Waals surface area contributed by atoms with Crippen LogP contribution in [0.15, 0.2) is 30.3 Å². The van der Waals surface area contributed by atoms with Crippen LogP contribution >= 0.6 is 0 Å². The second-order valence-electron chi connectivity index (χ2n) is 9.72. The molecule has 0 bridgehead atoms. The fourth-order valence-electron chi connectivity index (χ4n) is 4.25. The molecule has 0 fully saturated rings. The summed E-state index contributed by atoms with van der Waals surface area (Å²) in [4.78, 5) is 36.9. The molecule has 1 atom stereocenters. The molecule has 0 unspecified atom stereocenters. The van der Waals surface area contributed by atoms with Crippen molar-refractivity contribution in [2.75, 3.05) is 19.7 Å². The molecule has 1 aromatic carbocycles. The first-order valence-electron chi connectivity index (χ1n) is 14.0. The van der Waals surface area contributed by atoms with Gasteiger partial charge in [-0.05, 0) is 25.3 Å². The number of carboxylic acid groups (broad SMARTS) is 1. The maximum absolute atomic E-state index is 12.8. The van der Waals surface area contributed by atoms with E-state index in [-0.39, 0.29) is 32.1 Å². The second-order valence-corrected chi connectivity index (χ2v) is 9.72. The average Bonchev–Trinajstić information content (AvgIpc) is 2.89. The summed E-state index contributed by atoms with van der Waals surface area (Å²) in [5.74, 6) is -0.913. The average molecular weight is 521 g/mol. The molecule has 0 spiro atoms. The summed E-state index contributed by atoms with van der Waals surface area (Å²) >= 11 is 0. The molecule has 2 amide bonds. The van der Waals surface area contributed by atoms with Crippen LogP contribution in [0.2, 0.25) is 0 Å². The number of carbonyl (C=O) groups excluding carboxylic acids is 2. The summed E-state index contributed by atoms with van der Waals surface area (Å²) < 4.78 is 5.19. The van der Waals surface area contributed by atoms with E-state index >= 15 is 0 Å². The minimum Gasteiger partial charge on any atom is -0.481 e. The minimum absolute atomic E-state index is 0.112. The molecule has 0 heterocycles. The summed E-state index contributed by atoms with van der Waals surface area (Å²) in [6.07, 6.45) is 14.2. The van der Waals surface area contributed by atoms with Gasteiger partial charge in [-0.3, -0.25) is 9.59 Å². The van der Waals surface area contributed by atoms with E-state index in [4.69, 9.17) is 9.84 Å². The summed E-state index contributed by atoms with van der Waals surface area (Å²) in [5.41, 5.74) is 0.875. The molecule has 0 saturated heterocycles. The summed E-state index contributed by atoms with van der Waals surface area (Å²) in [6.45, 7) is 2.49. The van der Waals surface area contributed by atoms with E-state index in [1.54, 1.807) is 11.8 Å². The topological polar surface area (TPSA) is 116 Å². The molecule has 8 nitrogen and oxygen atoms in total. The number of ether oxygens (including phenoxy) is 1. The Kier molecular flexibility index (Phi) is 18.8. The van der Waals surface area contributed by atoms with Crippen molar-refractivity contribution < 1.29 is 29.3 Å². The third kappa shape index (κ3) is 17.5. The van der Waals surface area contributed by atoms with Crippen LogP contribution < -0.4 is 5.32 Å². The van der Waals surface area contributed by atoms with Gasteiger partial charge in [0.15, 0.2) is 0 Å². The van der Waals surface area contributed by atoms with Crippen LogP contribution in [0.1, 0.15) is 102 Å². The SMILES string of the molecule is C[C@H](NC(=O)OCc1ccccc1)C(=O)N(CCO)CCCCCCCCCCCCCCCC(=O)O. The van der Waals surface area contributed by atoms with E-state index < -0.39 is 18.1 Å². The summed E-state index contributed by atoms with van der Waals surface area (Å²) in [6, 6.07) is 8.63. The first-order valence-corrected chi connectivity index (χ1v) is 14.0. The Balaban J connectivity index is 2.08. The van der Waals surface area contributed by atoms with Crippen molar-refractivity contribution in [2.24, 2.45) is 0 Å². The zero-order valence-corrected chi connectivity index (χ0v) is 22.7. The van der Waals surface area contributed by atoms with Gasteiger partial charge in [0.25, 0.3) is 0 Å². The van der Waals surface area contributed by atoms with Crippen molar-refractivity contribution in [1.82, 2.24) is 10.2 Å². The number of unbranched alkanes of at least 4 members (excludes halogenated alkanes) is 12. The Morgan fingerprint density at radius 1 is 0.811 bits per heavy atom. The highest BCUT2D eigenvalue weighted by atomic mass is 16.5. The van der Waals surface area contributed by atoms with E-state index in [1.807, 2.05) is 30.3 Å². The lowest BCUT2D eigenvalue weighted by molar-refractivity contribution is -0.137. The van der Waals surface area contributed by atoms with Crippen molar-refractivity contribution in [2.45, 2.75) is 109 Å². The number of aliphatic hydroxyl groups excluding tert-OH is 1. The Morgan fingerprint density at radius 3 is 1.84 bits per heavy atom. The van der Waals surface area contributed by atoms with Crippen molar-refractivity contribution in [3.8, 4) is 0 Å². The number of amides is 2. The molecule has 3 N–H and O–H groups in total. The number of hydrogen-bond acceptors (Lipinski definition) is 5. The number of carbonyl (C=O) groups is 3. The van der Waals surface area contributed by atoms with Crippen molar-refractivity contribution in [1.29, 1.82) is 0 Å². The summed E-state index contributed by atoms with van der Waals surface area (Å²) in [7, 11) is 0. The number of nitrogens with one attached hydrogen (secondary N) is 1. The first kappa shape index (κ1) is 32.4. The fraction of sp³-hybridized carbons (Fsp3) is 0.690. The van der Waals surface area contributed by atoms with E-state index in [0.29, 0.717) is 6.54 Å². The zero-order chi connectivity index (χ0) is 27.1. The number of rotatable bonds is 22. The fourth-order valence-corrected chi connectivity index (χ4v) is 4.25. The molecular weight excluding hydrogens is 472 g/mol. The van der Waals surface area contributed by atoms with Gasteiger partial charge < -0.3 is 25.2 Å². The molecule has 0 aliphatic rings. The number of aliphatic hydroxyl groups is 1. The minimum atomic E-state index is -0.723. The smallest absolute Gasteiger partial charge is 0.408 e. The maximum atomic E-state index is 12.8. The van der Waals surface area contributed by atoms with Crippen LogP contribution in [0.3, 0.4) is 0 Å². The predicted octanol–water partition coefficient (Wildman–Crippen LogP) is 5.67. The standard InChI is InChI=1S/C29H48N2O6/c1-25(30-29(36)37-24-26-18-14-13-15-19-26)28(35)31(22-23-32)21-17-12-10-8-6-4-2-3-5-7-9-11-16-20-27(33)34/h13-15,18-19,25,32H,2-12,16-17,20-24H2,1H3,(H,30,36)(H,33,34)/t25-/m0/s1. The van der Waals surface area contributed by atoms with Gasteiger partial charge >= 0.3 is 12.1 Å². The molecule has 1 rings (SSSR count). The van der Waals surface area contributed by atoms with Gasteiger partial charge in [0, 0.05) is 19.5 Å². The first-order chi connectivity index (χ1) is 17.9. The molecule has 37 heavy (non-hydrogen) atoms. The monoisotopic (exact) mass is 520 g/mol. The van der Waals surface area contributed by atoms with Gasteiger partial charge in [0.2, 0.25) is 5.91 Å². The van der Waals surface area contributed by atoms with Gasteiger partial charge in [-0.2, -0.15) is 0 Å². The highest BCUT2D eigenvalue weighted by molar-refractivity contribution is 5.85. The molecule has 1 aromatic rings. The third-order valence-electron chi connectivity index (χ3n) is 6.42. The highest BCUT2D eigenvalue weighted by Crippen LogP contribution is 2.13. The van der Waals surface area contributed by atoms with Crippen LogP contribution in [0.4, 0.5) is 4.79 Å². The van der Waals surface area contributed by atoms with E-state index in [1.165, 1.54) is 44.9 Å². The van der Waals surface area contributed by atoms with Crippen LogP contribution in [0, 0.1) is 0 Å². The number of alkyl carbamates (subject to hydrolysis) is 1. The molecule has 0 saturated carbocycles. The van der Waals surface area contributed by atoms with Crippen LogP contribution in [0.25, 0.3) is 0 Å². The van der Waals surface area contributed by atoms with E-state index in [2.05, 4.69) is 5.32 Å². The normalized spacial score (nSPS) is 11.6. The van der Waals surface area contributed by atoms with Gasteiger partial charge in [-0.15, -0.1) is 0 Å². The molecule has 210 valence electrons. The number of benzene rings is 1. The lowest BCUT2D eigenvalue weighted by Gasteiger charge is -2.25. The quantitative estimate of drug-likeness (QED) is 0.170. The van der Waals surface area contributed by atoms with Gasteiger partial charge in [-0.1, -0.05) is 101 Å². The molecule has 0 aromatic heterocycles. The Hall–Kier alpha value is -2.61. The van der Waals surface area contributed by atoms with Gasteiger partial charge in [0.05, 0.1) is 6.61 Å².